The van der Waals surface area contributed by atoms with Gasteiger partial charge in [0.15, 0.2) is 5.69 Å². The monoisotopic (exact) mass is 337 g/mol. The van der Waals surface area contributed by atoms with Crippen LogP contribution in [0.4, 0.5) is 0 Å². The van der Waals surface area contributed by atoms with Crippen LogP contribution < -0.4 is 4.74 Å². The number of aromatic nitrogens is 3. The first-order valence-electron chi connectivity index (χ1n) is 8.04. The van der Waals surface area contributed by atoms with Gasteiger partial charge in [-0.2, -0.15) is 10.3 Å². The summed E-state index contributed by atoms with van der Waals surface area (Å²) in [6.07, 6.45) is 0. The van der Waals surface area contributed by atoms with E-state index in [0.29, 0.717) is 12.3 Å². The maximum absolute atomic E-state index is 11.9. The second kappa shape index (κ2) is 7.61. The standard InChI is InChI=1S/C19H19N3O3/c1-3-24-19(23)18-17(20-22-21-18)15-9-10-16(13(2)11-15)25-12-14-7-5-4-6-8-14/h4-11H,3,12H2,1-2H3,(H,20,21,22). The number of aromatic amines is 1. The number of nitrogens with zero attached hydrogens (tertiary/aromatic N) is 2. The normalized spacial score (nSPS) is 10.5. The number of esters is 1. The van der Waals surface area contributed by atoms with Crippen LogP contribution >= 0.6 is 0 Å². The van der Waals surface area contributed by atoms with Crippen LogP contribution in [0.5, 0.6) is 5.75 Å². The zero-order chi connectivity index (χ0) is 17.6. The Morgan fingerprint density at radius 1 is 1.12 bits per heavy atom. The highest BCUT2D eigenvalue weighted by atomic mass is 16.5. The summed E-state index contributed by atoms with van der Waals surface area (Å²) in [6, 6.07) is 15.6. The van der Waals surface area contributed by atoms with E-state index < -0.39 is 5.97 Å². The van der Waals surface area contributed by atoms with Crippen LogP contribution in [0, 0.1) is 6.92 Å². The fraction of sp³-hybridized carbons (Fsp3) is 0.211. The number of rotatable bonds is 6. The van der Waals surface area contributed by atoms with Gasteiger partial charge in [-0.25, -0.2) is 4.79 Å². The van der Waals surface area contributed by atoms with Gasteiger partial charge in [0.25, 0.3) is 0 Å². The summed E-state index contributed by atoms with van der Waals surface area (Å²) < 4.78 is 10.9. The molecule has 0 bridgehead atoms. The summed E-state index contributed by atoms with van der Waals surface area (Å²) in [5, 5.41) is 10.5. The van der Waals surface area contributed by atoms with Crippen molar-refractivity contribution in [3.05, 3.63) is 65.4 Å². The Hall–Kier alpha value is -3.15. The second-order valence-corrected chi connectivity index (χ2v) is 5.50. The quantitative estimate of drug-likeness (QED) is 0.696. The van der Waals surface area contributed by atoms with Crippen LogP contribution in [0.1, 0.15) is 28.5 Å². The fourth-order valence-corrected chi connectivity index (χ4v) is 2.47. The van der Waals surface area contributed by atoms with Crippen molar-refractivity contribution in [3.63, 3.8) is 0 Å². The van der Waals surface area contributed by atoms with Crippen LogP contribution in [0.2, 0.25) is 0 Å². The first kappa shape index (κ1) is 16.7. The molecule has 0 amide bonds. The molecule has 2 aromatic carbocycles. The molecule has 0 spiro atoms. The van der Waals surface area contributed by atoms with Gasteiger partial charge in [-0.1, -0.05) is 30.3 Å². The highest BCUT2D eigenvalue weighted by Gasteiger charge is 2.19. The molecular weight excluding hydrogens is 318 g/mol. The third-order valence-electron chi connectivity index (χ3n) is 3.70. The highest BCUT2D eigenvalue weighted by Crippen LogP contribution is 2.27. The predicted octanol–water partition coefficient (Wildman–Crippen LogP) is 3.54. The molecule has 1 aromatic heterocycles. The minimum atomic E-state index is -0.492. The van der Waals surface area contributed by atoms with Crippen molar-refractivity contribution in [1.82, 2.24) is 15.4 Å². The van der Waals surface area contributed by atoms with E-state index in [0.717, 1.165) is 22.4 Å². The Labute approximate surface area is 145 Å². The summed E-state index contributed by atoms with van der Waals surface area (Å²) >= 11 is 0. The summed E-state index contributed by atoms with van der Waals surface area (Å²) in [6.45, 7) is 4.49. The summed E-state index contributed by atoms with van der Waals surface area (Å²) in [7, 11) is 0. The number of benzene rings is 2. The zero-order valence-corrected chi connectivity index (χ0v) is 14.2. The topological polar surface area (TPSA) is 77.1 Å². The van der Waals surface area contributed by atoms with Crippen molar-refractivity contribution >= 4 is 5.97 Å². The number of carbonyl (C=O) groups excluding carboxylic acids is 1. The lowest BCUT2D eigenvalue weighted by atomic mass is 10.1. The number of ether oxygens (including phenoxy) is 2. The Morgan fingerprint density at radius 2 is 1.92 bits per heavy atom. The Kier molecular flexibility index (Phi) is 5.09. The average Bonchev–Trinajstić information content (AvgIpc) is 3.11. The molecule has 6 heteroatoms. The lowest BCUT2D eigenvalue weighted by Gasteiger charge is -2.10. The minimum absolute atomic E-state index is 0.180. The van der Waals surface area contributed by atoms with E-state index >= 15 is 0 Å². The van der Waals surface area contributed by atoms with E-state index in [1.54, 1.807) is 6.92 Å². The van der Waals surface area contributed by atoms with Gasteiger partial charge in [0, 0.05) is 5.56 Å². The van der Waals surface area contributed by atoms with Gasteiger partial charge in [0.2, 0.25) is 0 Å². The molecule has 1 heterocycles. The molecular formula is C19H19N3O3. The molecule has 0 aliphatic carbocycles. The van der Waals surface area contributed by atoms with E-state index in [9.17, 15) is 4.79 Å². The second-order valence-electron chi connectivity index (χ2n) is 5.50. The smallest absolute Gasteiger partial charge is 0.361 e. The molecule has 0 aliphatic heterocycles. The molecule has 0 saturated carbocycles. The number of nitrogens with one attached hydrogen (secondary N) is 1. The molecule has 3 rings (SSSR count). The van der Waals surface area contributed by atoms with E-state index in [4.69, 9.17) is 9.47 Å². The molecule has 3 aromatic rings. The number of hydrogen-bond acceptors (Lipinski definition) is 5. The van der Waals surface area contributed by atoms with Crippen molar-refractivity contribution in [3.8, 4) is 17.0 Å². The average molecular weight is 337 g/mol. The number of hydrogen-bond donors (Lipinski definition) is 1. The molecule has 0 radical (unpaired) electrons. The SMILES string of the molecule is CCOC(=O)c1n[nH]nc1-c1ccc(OCc2ccccc2)c(C)c1. The van der Waals surface area contributed by atoms with Crippen molar-refractivity contribution < 1.29 is 14.3 Å². The lowest BCUT2D eigenvalue weighted by molar-refractivity contribution is 0.0520. The van der Waals surface area contributed by atoms with E-state index in [2.05, 4.69) is 15.4 Å². The van der Waals surface area contributed by atoms with Crippen LogP contribution in [-0.2, 0) is 11.3 Å². The zero-order valence-electron chi connectivity index (χ0n) is 14.2. The van der Waals surface area contributed by atoms with E-state index in [1.807, 2.05) is 55.5 Å². The predicted molar refractivity (Wildman–Crippen MR) is 93.3 cm³/mol. The van der Waals surface area contributed by atoms with E-state index in [1.165, 1.54) is 0 Å². The van der Waals surface area contributed by atoms with Crippen LogP contribution in [-0.4, -0.2) is 28.0 Å². The first-order chi connectivity index (χ1) is 12.2. The third-order valence-corrected chi connectivity index (χ3v) is 3.70. The van der Waals surface area contributed by atoms with E-state index in [-0.39, 0.29) is 12.3 Å². The lowest BCUT2D eigenvalue weighted by Crippen LogP contribution is -2.06. The van der Waals surface area contributed by atoms with Crippen LogP contribution in [0.25, 0.3) is 11.3 Å². The Morgan fingerprint density at radius 3 is 2.64 bits per heavy atom. The molecule has 6 nitrogen and oxygen atoms in total. The van der Waals surface area contributed by atoms with Crippen LogP contribution in [0.15, 0.2) is 48.5 Å². The van der Waals surface area contributed by atoms with Gasteiger partial charge >= 0.3 is 5.97 Å². The third kappa shape index (κ3) is 3.85. The molecule has 0 saturated heterocycles. The molecule has 0 aliphatic rings. The molecule has 128 valence electrons. The number of aryl methyl sites for hydroxylation is 1. The highest BCUT2D eigenvalue weighted by molar-refractivity contribution is 5.93. The van der Waals surface area contributed by atoms with Gasteiger partial charge in [-0.05, 0) is 43.2 Å². The first-order valence-corrected chi connectivity index (χ1v) is 8.04. The fourth-order valence-electron chi connectivity index (χ4n) is 2.47. The maximum atomic E-state index is 11.9. The van der Waals surface area contributed by atoms with Gasteiger partial charge in [-0.3, -0.25) is 0 Å². The minimum Gasteiger partial charge on any atom is -0.489 e. The largest absolute Gasteiger partial charge is 0.489 e. The summed E-state index contributed by atoms with van der Waals surface area (Å²) in [5.41, 5.74) is 3.48. The Bertz CT molecular complexity index is 859. The number of H-pyrrole nitrogens is 1. The van der Waals surface area contributed by atoms with Crippen molar-refractivity contribution in [2.24, 2.45) is 0 Å². The number of carbonyl (C=O) groups is 1. The maximum Gasteiger partial charge on any atom is 0.361 e. The summed E-state index contributed by atoms with van der Waals surface area (Å²) in [5.74, 6) is 0.294. The van der Waals surface area contributed by atoms with Gasteiger partial charge in [-0.15, -0.1) is 5.10 Å². The van der Waals surface area contributed by atoms with Crippen molar-refractivity contribution in [2.45, 2.75) is 20.5 Å². The summed E-state index contributed by atoms with van der Waals surface area (Å²) in [4.78, 5) is 11.9. The molecule has 0 unspecified atom stereocenters. The van der Waals surface area contributed by atoms with Gasteiger partial charge in [0.05, 0.1) is 6.61 Å². The van der Waals surface area contributed by atoms with Crippen LogP contribution in [0.3, 0.4) is 0 Å². The van der Waals surface area contributed by atoms with Gasteiger partial charge < -0.3 is 9.47 Å². The van der Waals surface area contributed by atoms with Crippen molar-refractivity contribution in [2.75, 3.05) is 6.61 Å². The molecule has 1 N–H and O–H groups in total. The Balaban J connectivity index is 1.78. The molecule has 0 atom stereocenters. The van der Waals surface area contributed by atoms with Gasteiger partial charge in [0.1, 0.15) is 18.1 Å². The molecule has 25 heavy (non-hydrogen) atoms. The van der Waals surface area contributed by atoms with Crippen molar-refractivity contribution in [1.29, 1.82) is 0 Å². The molecule has 0 fully saturated rings.